The molecule has 1 aromatic rings. The highest BCUT2D eigenvalue weighted by atomic mass is 79.9. The van der Waals surface area contributed by atoms with Crippen LogP contribution in [-0.2, 0) is 16.1 Å². The van der Waals surface area contributed by atoms with Gasteiger partial charge >= 0.3 is 5.97 Å². The van der Waals surface area contributed by atoms with E-state index in [1.807, 2.05) is 13.0 Å². The molecule has 1 aliphatic rings. The minimum absolute atomic E-state index is 0.0279. The summed E-state index contributed by atoms with van der Waals surface area (Å²) in [4.78, 5) is 18.2. The number of nitrogens with zero attached hydrogens (tertiary/aromatic N) is 2. The second-order valence-corrected chi connectivity index (χ2v) is 6.52. The molecule has 0 unspecified atom stereocenters. The van der Waals surface area contributed by atoms with Gasteiger partial charge in [0.2, 0.25) is 0 Å². The van der Waals surface area contributed by atoms with Gasteiger partial charge in [0.05, 0.1) is 17.0 Å². The normalized spacial score (nSPS) is 16.2. The van der Waals surface area contributed by atoms with Gasteiger partial charge in [0.15, 0.2) is 5.96 Å². The summed E-state index contributed by atoms with van der Waals surface area (Å²) in [5.41, 5.74) is 0.846. The van der Waals surface area contributed by atoms with Crippen molar-refractivity contribution in [1.29, 1.82) is 0 Å². The van der Waals surface area contributed by atoms with Crippen molar-refractivity contribution < 1.29 is 13.9 Å². The monoisotopic (exact) mass is 399 g/mol. The third-order valence-electron chi connectivity index (χ3n) is 4.06. The number of halogens is 2. The Morgan fingerprint density at radius 3 is 2.75 bits per heavy atom. The lowest BCUT2D eigenvalue weighted by Crippen LogP contribution is -2.46. The average Bonchev–Trinajstić information content (AvgIpc) is 2.59. The highest BCUT2D eigenvalue weighted by Crippen LogP contribution is 2.19. The fraction of sp³-hybridized carbons (Fsp3) is 0.529. The number of aliphatic imine (C=N–C) groups is 1. The van der Waals surface area contributed by atoms with Crippen molar-refractivity contribution in [2.24, 2.45) is 10.9 Å². The standard InChI is InChI=1S/C17H23BrFN3O2/c1-3-24-16(23)13-6-8-22(9-7-13)17(20-2)21-11-12-4-5-14(18)15(19)10-12/h4-5,10,13H,3,6-9,11H2,1-2H3,(H,20,21). The molecule has 0 aromatic heterocycles. The Labute approximate surface area is 150 Å². The molecule has 132 valence electrons. The maximum atomic E-state index is 13.6. The molecule has 1 saturated heterocycles. The van der Waals surface area contributed by atoms with Crippen molar-refractivity contribution in [2.75, 3.05) is 26.7 Å². The molecule has 0 saturated carbocycles. The third kappa shape index (κ3) is 4.93. The van der Waals surface area contributed by atoms with Crippen molar-refractivity contribution in [1.82, 2.24) is 10.2 Å². The molecule has 1 aromatic carbocycles. The van der Waals surface area contributed by atoms with E-state index in [-0.39, 0.29) is 17.7 Å². The van der Waals surface area contributed by atoms with E-state index >= 15 is 0 Å². The Morgan fingerprint density at radius 2 is 2.17 bits per heavy atom. The number of hydrogen-bond acceptors (Lipinski definition) is 3. The van der Waals surface area contributed by atoms with E-state index in [9.17, 15) is 9.18 Å². The molecule has 1 aliphatic heterocycles. The van der Waals surface area contributed by atoms with Gasteiger partial charge in [-0.05, 0) is 53.4 Å². The molecule has 0 radical (unpaired) electrons. The minimum atomic E-state index is -0.278. The lowest BCUT2D eigenvalue weighted by Gasteiger charge is -2.33. The van der Waals surface area contributed by atoms with Crippen molar-refractivity contribution in [3.8, 4) is 0 Å². The van der Waals surface area contributed by atoms with Crippen LogP contribution in [0.4, 0.5) is 4.39 Å². The van der Waals surface area contributed by atoms with Crippen LogP contribution in [-0.4, -0.2) is 43.6 Å². The molecular weight excluding hydrogens is 377 g/mol. The van der Waals surface area contributed by atoms with Crippen LogP contribution in [0.15, 0.2) is 27.7 Å². The first-order valence-corrected chi connectivity index (χ1v) is 8.90. The van der Waals surface area contributed by atoms with E-state index in [0.29, 0.717) is 17.6 Å². The molecule has 0 spiro atoms. The Hall–Kier alpha value is -1.63. The molecule has 5 nitrogen and oxygen atoms in total. The van der Waals surface area contributed by atoms with Crippen LogP contribution in [0.5, 0.6) is 0 Å². The molecule has 0 amide bonds. The van der Waals surface area contributed by atoms with Gasteiger partial charge in [-0.25, -0.2) is 4.39 Å². The summed E-state index contributed by atoms with van der Waals surface area (Å²) in [6.07, 6.45) is 1.51. The number of likely N-dealkylation sites (tertiary alicyclic amines) is 1. The molecule has 2 rings (SSSR count). The van der Waals surface area contributed by atoms with E-state index < -0.39 is 0 Å². The van der Waals surface area contributed by atoms with Crippen LogP contribution in [0.1, 0.15) is 25.3 Å². The first-order chi connectivity index (χ1) is 11.5. The predicted molar refractivity (Wildman–Crippen MR) is 95.2 cm³/mol. The number of esters is 1. The van der Waals surface area contributed by atoms with Crippen molar-refractivity contribution in [2.45, 2.75) is 26.3 Å². The minimum Gasteiger partial charge on any atom is -0.466 e. The second-order valence-electron chi connectivity index (χ2n) is 5.66. The first-order valence-electron chi connectivity index (χ1n) is 8.11. The number of carbonyl (C=O) groups is 1. The number of ether oxygens (including phenoxy) is 1. The molecule has 0 atom stereocenters. The van der Waals surface area contributed by atoms with E-state index in [2.05, 4.69) is 31.1 Å². The van der Waals surface area contributed by atoms with Crippen molar-refractivity contribution >= 4 is 27.9 Å². The number of hydrogen-bond donors (Lipinski definition) is 1. The molecule has 0 aliphatic carbocycles. The van der Waals surface area contributed by atoms with Gasteiger partial charge in [-0.3, -0.25) is 9.79 Å². The van der Waals surface area contributed by atoms with Crippen LogP contribution in [0, 0.1) is 11.7 Å². The summed E-state index contributed by atoms with van der Waals surface area (Å²) >= 11 is 3.15. The fourth-order valence-corrected chi connectivity index (χ4v) is 3.00. The highest BCUT2D eigenvalue weighted by Gasteiger charge is 2.27. The van der Waals surface area contributed by atoms with Crippen LogP contribution >= 0.6 is 15.9 Å². The lowest BCUT2D eigenvalue weighted by molar-refractivity contribution is -0.149. The SMILES string of the molecule is CCOC(=O)C1CCN(C(=NC)NCc2ccc(Br)c(F)c2)CC1. The maximum Gasteiger partial charge on any atom is 0.309 e. The first kappa shape index (κ1) is 18.7. The van der Waals surface area contributed by atoms with Crippen molar-refractivity contribution in [3.05, 3.63) is 34.1 Å². The van der Waals surface area contributed by atoms with Gasteiger partial charge in [0.25, 0.3) is 0 Å². The number of carbonyl (C=O) groups excluding carboxylic acids is 1. The molecule has 1 heterocycles. The number of piperidine rings is 1. The van der Waals surface area contributed by atoms with E-state index in [1.54, 1.807) is 13.1 Å². The number of rotatable bonds is 4. The molecule has 0 bridgehead atoms. The van der Waals surface area contributed by atoms with Gasteiger partial charge in [0.1, 0.15) is 5.82 Å². The van der Waals surface area contributed by atoms with Gasteiger partial charge in [0, 0.05) is 26.7 Å². The summed E-state index contributed by atoms with van der Waals surface area (Å²) in [7, 11) is 1.72. The Morgan fingerprint density at radius 1 is 1.46 bits per heavy atom. The number of benzene rings is 1. The summed E-state index contributed by atoms with van der Waals surface area (Å²) in [6.45, 7) is 4.24. The van der Waals surface area contributed by atoms with E-state index in [4.69, 9.17) is 4.74 Å². The second kappa shape index (κ2) is 9.01. The third-order valence-corrected chi connectivity index (χ3v) is 4.70. The van der Waals surface area contributed by atoms with Gasteiger partial charge in [-0.15, -0.1) is 0 Å². The van der Waals surface area contributed by atoms with Crippen LogP contribution in [0.2, 0.25) is 0 Å². The smallest absolute Gasteiger partial charge is 0.309 e. The molecule has 1 fully saturated rings. The molecule has 7 heteroatoms. The Balaban J connectivity index is 1.86. The van der Waals surface area contributed by atoms with Crippen LogP contribution in [0.25, 0.3) is 0 Å². The number of nitrogens with one attached hydrogen (secondary N) is 1. The van der Waals surface area contributed by atoms with E-state index in [0.717, 1.165) is 37.5 Å². The summed E-state index contributed by atoms with van der Waals surface area (Å²) in [5, 5.41) is 3.25. The van der Waals surface area contributed by atoms with Gasteiger partial charge < -0.3 is 15.0 Å². The average molecular weight is 400 g/mol. The Kier molecular flexibility index (Phi) is 7.02. The zero-order valence-electron chi connectivity index (χ0n) is 14.0. The van der Waals surface area contributed by atoms with Crippen LogP contribution < -0.4 is 5.32 Å². The summed E-state index contributed by atoms with van der Waals surface area (Å²) in [6, 6.07) is 5.05. The largest absolute Gasteiger partial charge is 0.466 e. The quantitative estimate of drug-likeness (QED) is 0.480. The summed E-state index contributed by atoms with van der Waals surface area (Å²) in [5.74, 6) is 0.352. The molecule has 24 heavy (non-hydrogen) atoms. The molecular formula is C17H23BrFN3O2. The topological polar surface area (TPSA) is 53.9 Å². The lowest BCUT2D eigenvalue weighted by atomic mass is 9.97. The summed E-state index contributed by atoms with van der Waals surface area (Å²) < 4.78 is 19.1. The zero-order valence-corrected chi connectivity index (χ0v) is 15.6. The van der Waals surface area contributed by atoms with Crippen LogP contribution in [0.3, 0.4) is 0 Å². The Bertz CT molecular complexity index is 601. The van der Waals surface area contributed by atoms with E-state index in [1.165, 1.54) is 6.07 Å². The fourth-order valence-electron chi connectivity index (χ4n) is 2.75. The predicted octanol–water partition coefficient (Wildman–Crippen LogP) is 2.94. The van der Waals surface area contributed by atoms with Gasteiger partial charge in [-0.1, -0.05) is 6.07 Å². The highest BCUT2D eigenvalue weighted by molar-refractivity contribution is 9.10. The van der Waals surface area contributed by atoms with Gasteiger partial charge in [-0.2, -0.15) is 0 Å². The number of guanidine groups is 1. The maximum absolute atomic E-state index is 13.6. The zero-order chi connectivity index (χ0) is 17.5. The molecule has 1 N–H and O–H groups in total. The van der Waals surface area contributed by atoms with Crippen molar-refractivity contribution in [3.63, 3.8) is 0 Å².